The first-order chi connectivity index (χ1) is 22.2. The summed E-state index contributed by atoms with van der Waals surface area (Å²) in [5.74, 6) is -1.95. The maximum absolute atomic E-state index is 13.9. The fourth-order valence-corrected chi connectivity index (χ4v) is 5.95. The van der Waals surface area contributed by atoms with Crippen LogP contribution in [0, 0.1) is 5.92 Å². The summed E-state index contributed by atoms with van der Waals surface area (Å²) in [7, 11) is 0. The Hall–Kier alpha value is -5.33. The van der Waals surface area contributed by atoms with Gasteiger partial charge in [-0.25, -0.2) is 4.68 Å². The molecule has 13 heteroatoms. The molecule has 3 N–H and O–H groups in total. The number of likely N-dealkylation sites (tertiary alicyclic amines) is 1. The highest BCUT2D eigenvalue weighted by Crippen LogP contribution is 2.29. The molecule has 0 radical (unpaired) electrons. The van der Waals surface area contributed by atoms with E-state index in [9.17, 15) is 19.2 Å². The van der Waals surface area contributed by atoms with Crippen molar-refractivity contribution >= 4 is 23.6 Å². The van der Waals surface area contributed by atoms with Crippen molar-refractivity contribution in [2.24, 2.45) is 5.92 Å². The van der Waals surface area contributed by atoms with E-state index < -0.39 is 29.9 Å². The van der Waals surface area contributed by atoms with Crippen LogP contribution in [0.2, 0.25) is 0 Å². The molecular formula is C33H37N9O4. The Morgan fingerprint density at radius 2 is 1.63 bits per heavy atom. The van der Waals surface area contributed by atoms with E-state index in [0.717, 1.165) is 11.1 Å². The molecule has 0 aliphatic carbocycles. The number of aromatic nitrogens is 5. The van der Waals surface area contributed by atoms with Crippen molar-refractivity contribution in [3.63, 3.8) is 0 Å². The molecule has 2 aromatic heterocycles. The minimum atomic E-state index is -0.939. The van der Waals surface area contributed by atoms with E-state index in [-0.39, 0.29) is 49.7 Å². The summed E-state index contributed by atoms with van der Waals surface area (Å²) in [6.07, 6.45) is 5.43. The fraction of sp³-hybridized carbons (Fsp3) is 0.364. The third-order valence-electron chi connectivity index (χ3n) is 8.45. The Bertz CT molecular complexity index is 1700. The van der Waals surface area contributed by atoms with Gasteiger partial charge < -0.3 is 20.9 Å². The summed E-state index contributed by atoms with van der Waals surface area (Å²) in [6.45, 7) is 4.44. The number of rotatable bonds is 6. The fourth-order valence-electron chi connectivity index (χ4n) is 5.95. The lowest BCUT2D eigenvalue weighted by Crippen LogP contribution is -2.58. The molecule has 2 aliphatic rings. The van der Waals surface area contributed by atoms with Gasteiger partial charge in [0, 0.05) is 25.6 Å². The zero-order valence-corrected chi connectivity index (χ0v) is 25.7. The molecule has 1 fully saturated rings. The van der Waals surface area contributed by atoms with Gasteiger partial charge in [-0.2, -0.15) is 5.10 Å². The van der Waals surface area contributed by atoms with E-state index in [1.807, 2.05) is 74.5 Å². The highest BCUT2D eigenvalue weighted by Gasteiger charge is 2.43. The molecule has 4 amide bonds. The monoisotopic (exact) mass is 623 g/mol. The summed E-state index contributed by atoms with van der Waals surface area (Å²) in [4.78, 5) is 56.3. The van der Waals surface area contributed by atoms with Gasteiger partial charge in [0.1, 0.15) is 23.8 Å². The molecule has 4 bridgehead atoms. The molecule has 13 nitrogen and oxygen atoms in total. The van der Waals surface area contributed by atoms with Crippen LogP contribution >= 0.6 is 0 Å². The lowest BCUT2D eigenvalue weighted by Gasteiger charge is -2.28. The third kappa shape index (κ3) is 6.82. The molecule has 0 unspecified atom stereocenters. The van der Waals surface area contributed by atoms with E-state index in [1.54, 1.807) is 21.8 Å². The number of fused-ring (bicyclic) bond motifs is 5. The first-order valence-electron chi connectivity index (χ1n) is 15.5. The average Bonchev–Trinajstić information content (AvgIpc) is 3.82. The molecule has 4 aromatic rings. The molecule has 46 heavy (non-hydrogen) atoms. The number of amides is 4. The van der Waals surface area contributed by atoms with Crippen molar-refractivity contribution in [1.29, 1.82) is 0 Å². The van der Waals surface area contributed by atoms with Crippen LogP contribution in [0.3, 0.4) is 0 Å². The van der Waals surface area contributed by atoms with E-state index in [1.165, 1.54) is 11.1 Å². The van der Waals surface area contributed by atoms with E-state index in [0.29, 0.717) is 17.8 Å². The van der Waals surface area contributed by atoms with Gasteiger partial charge in [0.05, 0.1) is 37.1 Å². The highest BCUT2D eigenvalue weighted by molar-refractivity contribution is 5.99. The Balaban J connectivity index is 1.27. The smallest absolute Gasteiger partial charge is 0.257 e. The number of carbonyl (C=O) groups is 4. The highest BCUT2D eigenvalue weighted by atomic mass is 16.2. The predicted molar refractivity (Wildman–Crippen MR) is 167 cm³/mol. The van der Waals surface area contributed by atoms with Gasteiger partial charge in [-0.15, -0.1) is 5.10 Å². The first kappa shape index (κ1) is 30.7. The standard InChI is InChI=1S/C33H37N9O4/c1-21(2)29-32(45)36-27(13-22-9-5-3-6-10-22)30(43)34-16-25-19-42(39-38-25)26-14-28(31(44)37-29)41(20-26)33(46)24-15-35-40(18-24)17-23-11-7-4-8-12-23/h3-12,15,18-19,21,26-29H,13-14,16-17,20H2,1-2H3,(H,34,43)(H,36,45)(H,37,44)/t26-,27+,28-,29-/m0/s1. The normalized spacial score (nSPS) is 22.1. The molecule has 4 heterocycles. The number of carbonyl (C=O) groups excluding carboxylic acids is 4. The van der Waals surface area contributed by atoms with E-state index in [4.69, 9.17) is 0 Å². The zero-order valence-electron chi connectivity index (χ0n) is 25.7. The second kappa shape index (κ2) is 13.3. The predicted octanol–water partition coefficient (Wildman–Crippen LogP) is 1.48. The molecule has 2 aliphatic heterocycles. The van der Waals surface area contributed by atoms with Gasteiger partial charge in [-0.3, -0.25) is 23.9 Å². The Morgan fingerprint density at radius 1 is 0.913 bits per heavy atom. The minimum absolute atomic E-state index is 0.101. The lowest BCUT2D eigenvalue weighted by molar-refractivity contribution is -0.134. The molecule has 0 spiro atoms. The van der Waals surface area contributed by atoms with Crippen LogP contribution in [-0.4, -0.2) is 78.0 Å². The van der Waals surface area contributed by atoms with Crippen molar-refractivity contribution in [1.82, 2.24) is 45.6 Å². The quantitative estimate of drug-likeness (QED) is 0.294. The summed E-state index contributed by atoms with van der Waals surface area (Å²) in [5, 5.41) is 21.5. The van der Waals surface area contributed by atoms with E-state index >= 15 is 0 Å². The topological polar surface area (TPSA) is 156 Å². The second-order valence-electron chi connectivity index (χ2n) is 12.2. The third-order valence-corrected chi connectivity index (χ3v) is 8.45. The number of hydrogen-bond donors (Lipinski definition) is 3. The van der Waals surface area contributed by atoms with Crippen LogP contribution in [0.25, 0.3) is 0 Å². The summed E-state index contributed by atoms with van der Waals surface area (Å²) in [6, 6.07) is 16.1. The molecule has 1 saturated heterocycles. The van der Waals surface area contributed by atoms with E-state index in [2.05, 4.69) is 31.4 Å². The summed E-state index contributed by atoms with van der Waals surface area (Å²) < 4.78 is 3.32. The molecule has 4 atom stereocenters. The van der Waals surface area contributed by atoms with Crippen molar-refractivity contribution in [3.05, 3.63) is 102 Å². The maximum Gasteiger partial charge on any atom is 0.257 e. The van der Waals surface area contributed by atoms with Gasteiger partial charge in [-0.05, 0) is 17.0 Å². The number of benzene rings is 2. The summed E-state index contributed by atoms with van der Waals surface area (Å²) >= 11 is 0. The van der Waals surface area contributed by atoms with Crippen LogP contribution in [0.4, 0.5) is 0 Å². The average molecular weight is 624 g/mol. The largest absolute Gasteiger partial charge is 0.349 e. The van der Waals surface area contributed by atoms with Crippen LogP contribution in [0.15, 0.2) is 79.3 Å². The van der Waals surface area contributed by atoms with Crippen molar-refractivity contribution in [2.75, 3.05) is 6.54 Å². The molecule has 6 rings (SSSR count). The number of hydrogen-bond acceptors (Lipinski definition) is 7. The van der Waals surface area contributed by atoms with Gasteiger partial charge in [-0.1, -0.05) is 79.7 Å². The maximum atomic E-state index is 13.9. The summed E-state index contributed by atoms with van der Waals surface area (Å²) in [5.41, 5.74) is 2.78. The van der Waals surface area contributed by atoms with Crippen LogP contribution in [-0.2, 0) is 33.9 Å². The second-order valence-corrected chi connectivity index (χ2v) is 12.2. The molecule has 2 aromatic carbocycles. The molecule has 238 valence electrons. The van der Waals surface area contributed by atoms with Crippen LogP contribution < -0.4 is 16.0 Å². The minimum Gasteiger partial charge on any atom is -0.349 e. The lowest BCUT2D eigenvalue weighted by atomic mass is 10.00. The van der Waals surface area contributed by atoms with Crippen LogP contribution in [0.5, 0.6) is 0 Å². The molecular weight excluding hydrogens is 586 g/mol. The zero-order chi connectivity index (χ0) is 32.2. The van der Waals surface area contributed by atoms with Crippen LogP contribution in [0.1, 0.15) is 53.5 Å². The van der Waals surface area contributed by atoms with Crippen molar-refractivity contribution in [3.8, 4) is 0 Å². The SMILES string of the molecule is CC(C)[C@@H]1NC(=O)[C@@H]2C[C@@H](CN2C(=O)c2cnn(Cc3ccccc3)c2)n2cc(nn2)CNC(=O)[C@@H](Cc2ccccc2)NC1=O. The Kier molecular flexibility index (Phi) is 8.90. The van der Waals surface area contributed by atoms with Gasteiger partial charge in [0.25, 0.3) is 5.91 Å². The molecule has 0 saturated carbocycles. The van der Waals surface area contributed by atoms with Gasteiger partial charge in [0.2, 0.25) is 17.7 Å². The van der Waals surface area contributed by atoms with Gasteiger partial charge in [0.15, 0.2) is 0 Å². The number of nitrogens with one attached hydrogen (secondary N) is 3. The van der Waals surface area contributed by atoms with Crippen molar-refractivity contribution in [2.45, 2.75) is 63.9 Å². The van der Waals surface area contributed by atoms with Crippen molar-refractivity contribution < 1.29 is 19.2 Å². The number of nitrogens with zero attached hydrogens (tertiary/aromatic N) is 6. The first-order valence-corrected chi connectivity index (χ1v) is 15.5. The Labute approximate surface area is 266 Å². The van der Waals surface area contributed by atoms with Gasteiger partial charge >= 0.3 is 0 Å². The Morgan fingerprint density at radius 3 is 2.35 bits per heavy atom.